The number of nitrogens with zero attached hydrogens (tertiary/aromatic N) is 2. The smallest absolute Gasteiger partial charge is 0.335 e. The number of rotatable bonds is 6. The fourth-order valence-electron chi connectivity index (χ4n) is 6.35. The maximum atomic E-state index is 11.4. The predicted molar refractivity (Wildman–Crippen MR) is 151 cm³/mol. The van der Waals surface area contributed by atoms with E-state index in [1.165, 1.54) is 0 Å². The molecule has 0 unspecified atom stereocenters. The van der Waals surface area contributed by atoms with Gasteiger partial charge in [-0.1, -0.05) is 46.6 Å². The van der Waals surface area contributed by atoms with Gasteiger partial charge in [-0.3, -0.25) is 0 Å². The monoisotopic (exact) mass is 564 g/mol. The van der Waals surface area contributed by atoms with E-state index in [0.717, 1.165) is 89.2 Å². The molecule has 0 atom stereocenters. The molecule has 4 aromatic rings. The Labute approximate surface area is 234 Å². The van der Waals surface area contributed by atoms with Crippen LogP contribution in [0.5, 0.6) is 0 Å². The van der Waals surface area contributed by atoms with Gasteiger partial charge in [-0.05, 0) is 87.1 Å². The highest BCUT2D eigenvalue weighted by molar-refractivity contribution is 7.18. The zero-order valence-corrected chi connectivity index (χ0v) is 23.0. The van der Waals surface area contributed by atoms with Crippen LogP contribution in [0.4, 0.5) is 0 Å². The summed E-state index contributed by atoms with van der Waals surface area (Å²) in [4.78, 5) is 16.4. The first-order valence-corrected chi connectivity index (χ1v) is 14.7. The summed E-state index contributed by atoms with van der Waals surface area (Å²) < 4.78 is 6.82. The molecule has 4 saturated carbocycles. The van der Waals surface area contributed by atoms with E-state index in [-0.39, 0.29) is 10.8 Å². The molecular formula is C30H26Cl2N2O3S. The number of thiazole rings is 1. The van der Waals surface area contributed by atoms with Crippen LogP contribution in [-0.4, -0.2) is 21.2 Å². The second kappa shape index (κ2) is 8.94. The quantitative estimate of drug-likeness (QED) is 0.252. The summed E-state index contributed by atoms with van der Waals surface area (Å²) >= 11 is 14.8. The topological polar surface area (TPSA) is 76.2 Å². The fourth-order valence-corrected chi connectivity index (χ4v) is 8.20. The van der Waals surface area contributed by atoms with E-state index in [4.69, 9.17) is 32.7 Å². The standard InChI is InChI=1S/C30H26Cl2N2O3S/c31-20-2-1-3-21(32)24(20)25-19(26(37-34-25)17-4-5-17)8-9-29-10-13-30(14-11-29,15-12-29)28-33-22-7-6-18(27(35)36)16-23(22)38-28/h1-3,6-9,16-17H,4-5,10-15H2,(H,35,36)/b9-8-. The van der Waals surface area contributed by atoms with Crippen LogP contribution in [0.2, 0.25) is 10.0 Å². The van der Waals surface area contributed by atoms with Crippen LogP contribution in [0.25, 0.3) is 27.6 Å². The molecule has 2 aromatic heterocycles. The summed E-state index contributed by atoms with van der Waals surface area (Å²) in [6.07, 6.45) is 13.4. The van der Waals surface area contributed by atoms with Crippen molar-refractivity contribution < 1.29 is 14.4 Å². The van der Waals surface area contributed by atoms with Crippen molar-refractivity contribution in [1.29, 1.82) is 0 Å². The number of aromatic carboxylic acids is 1. The lowest BCUT2D eigenvalue weighted by molar-refractivity contribution is 0.0697. The van der Waals surface area contributed by atoms with Crippen LogP contribution >= 0.6 is 34.5 Å². The molecule has 2 heterocycles. The molecule has 8 heteroatoms. The minimum Gasteiger partial charge on any atom is -0.478 e. The van der Waals surface area contributed by atoms with Gasteiger partial charge in [-0.15, -0.1) is 11.3 Å². The number of hydrogen-bond acceptors (Lipinski definition) is 5. The molecule has 1 N–H and O–H groups in total. The van der Waals surface area contributed by atoms with Crippen molar-refractivity contribution in [2.45, 2.75) is 62.7 Å². The van der Waals surface area contributed by atoms with Crippen LogP contribution in [0, 0.1) is 5.41 Å². The highest BCUT2D eigenvalue weighted by atomic mass is 35.5. The maximum Gasteiger partial charge on any atom is 0.335 e. The Morgan fingerprint density at radius 3 is 2.42 bits per heavy atom. The van der Waals surface area contributed by atoms with Crippen LogP contribution in [0.15, 0.2) is 47.0 Å². The van der Waals surface area contributed by atoms with Gasteiger partial charge in [0.15, 0.2) is 0 Å². The highest BCUT2D eigenvalue weighted by Crippen LogP contribution is 2.59. The van der Waals surface area contributed by atoms with Gasteiger partial charge >= 0.3 is 5.97 Å². The third-order valence-corrected chi connectivity index (χ3v) is 10.8. The molecule has 4 aliphatic carbocycles. The molecule has 2 aromatic carbocycles. The van der Waals surface area contributed by atoms with E-state index in [1.54, 1.807) is 23.5 Å². The van der Waals surface area contributed by atoms with Crippen LogP contribution in [0.3, 0.4) is 0 Å². The lowest BCUT2D eigenvalue weighted by atomic mass is 9.54. The molecule has 8 rings (SSSR count). The van der Waals surface area contributed by atoms with Crippen molar-refractivity contribution in [2.24, 2.45) is 5.41 Å². The summed E-state index contributed by atoms with van der Waals surface area (Å²) in [5, 5.41) is 16.1. The fraction of sp³-hybridized carbons (Fsp3) is 0.367. The Morgan fingerprint density at radius 2 is 1.76 bits per heavy atom. The van der Waals surface area contributed by atoms with Crippen molar-refractivity contribution in [3.05, 3.63) is 74.4 Å². The summed E-state index contributed by atoms with van der Waals surface area (Å²) in [6.45, 7) is 0. The van der Waals surface area contributed by atoms with E-state index in [2.05, 4.69) is 17.3 Å². The van der Waals surface area contributed by atoms with Crippen molar-refractivity contribution in [3.8, 4) is 11.3 Å². The molecule has 4 aliphatic rings. The van der Waals surface area contributed by atoms with Crippen LogP contribution < -0.4 is 0 Å². The van der Waals surface area contributed by atoms with Gasteiger partial charge in [0.2, 0.25) is 0 Å². The largest absolute Gasteiger partial charge is 0.478 e. The number of halogens is 2. The van der Waals surface area contributed by atoms with Crippen molar-refractivity contribution in [2.75, 3.05) is 0 Å². The Hall–Kier alpha value is -2.67. The van der Waals surface area contributed by atoms with Crippen LogP contribution in [0.1, 0.15) is 84.0 Å². The normalized spacial score (nSPS) is 25.0. The summed E-state index contributed by atoms with van der Waals surface area (Å²) in [6, 6.07) is 10.8. The first-order chi connectivity index (χ1) is 18.4. The molecular weight excluding hydrogens is 539 g/mol. The summed E-state index contributed by atoms with van der Waals surface area (Å²) in [5.74, 6) is 0.463. The van der Waals surface area contributed by atoms with E-state index in [9.17, 15) is 9.90 Å². The number of fused-ring (bicyclic) bond motifs is 4. The van der Waals surface area contributed by atoms with Crippen molar-refractivity contribution in [3.63, 3.8) is 0 Å². The molecule has 5 nitrogen and oxygen atoms in total. The van der Waals surface area contributed by atoms with Gasteiger partial charge < -0.3 is 9.63 Å². The number of hydrogen-bond donors (Lipinski definition) is 1. The van der Waals surface area contributed by atoms with Gasteiger partial charge in [-0.25, -0.2) is 9.78 Å². The average Bonchev–Trinajstić information content (AvgIpc) is 3.53. The molecule has 0 amide bonds. The molecule has 0 aliphatic heterocycles. The van der Waals surface area contributed by atoms with Gasteiger partial charge in [-0.2, -0.15) is 0 Å². The lowest BCUT2D eigenvalue weighted by Gasteiger charge is -2.51. The number of carbonyl (C=O) groups is 1. The second-order valence-corrected chi connectivity index (χ2v) is 13.0. The molecule has 0 spiro atoms. The summed E-state index contributed by atoms with van der Waals surface area (Å²) in [7, 11) is 0. The van der Waals surface area contributed by atoms with E-state index in [0.29, 0.717) is 21.5 Å². The molecule has 4 fully saturated rings. The van der Waals surface area contributed by atoms with Gasteiger partial charge in [0.25, 0.3) is 0 Å². The minimum absolute atomic E-state index is 0.0925. The highest BCUT2D eigenvalue weighted by Gasteiger charge is 2.49. The maximum absolute atomic E-state index is 11.4. The summed E-state index contributed by atoms with van der Waals surface area (Å²) in [5.41, 5.74) is 3.93. The second-order valence-electron chi connectivity index (χ2n) is 11.2. The van der Waals surface area contributed by atoms with Crippen molar-refractivity contribution in [1.82, 2.24) is 10.1 Å². The molecule has 0 saturated heterocycles. The molecule has 0 radical (unpaired) electrons. The van der Waals surface area contributed by atoms with Gasteiger partial charge in [0, 0.05) is 22.5 Å². The Bertz CT molecular complexity index is 1570. The first-order valence-electron chi connectivity index (χ1n) is 13.1. The number of carboxylic acid groups (broad SMARTS) is 1. The van der Waals surface area contributed by atoms with Gasteiger partial charge in [0.1, 0.15) is 11.5 Å². The molecule has 38 heavy (non-hydrogen) atoms. The number of allylic oxidation sites excluding steroid dienone is 1. The molecule has 2 bridgehead atoms. The van der Waals surface area contributed by atoms with Gasteiger partial charge in [0.05, 0.1) is 30.8 Å². The minimum atomic E-state index is -0.899. The lowest BCUT2D eigenvalue weighted by Crippen LogP contribution is -2.43. The zero-order valence-electron chi connectivity index (χ0n) is 20.7. The van der Waals surface area contributed by atoms with E-state index in [1.807, 2.05) is 24.3 Å². The Morgan fingerprint density at radius 1 is 1.05 bits per heavy atom. The van der Waals surface area contributed by atoms with Crippen LogP contribution in [-0.2, 0) is 5.41 Å². The first kappa shape index (κ1) is 24.4. The SMILES string of the molecule is O=C(O)c1ccc2nc(C34CCC(/C=C\c5c(-c6c(Cl)cccc6Cl)noc5C5CC5)(CC3)CC4)sc2c1. The van der Waals surface area contributed by atoms with E-state index < -0.39 is 5.97 Å². The Kier molecular flexibility index (Phi) is 5.73. The zero-order chi connectivity index (χ0) is 26.1. The third kappa shape index (κ3) is 4.00. The van der Waals surface area contributed by atoms with Crippen molar-refractivity contribution >= 4 is 56.8 Å². The molecule has 194 valence electrons. The third-order valence-electron chi connectivity index (χ3n) is 8.90. The average molecular weight is 566 g/mol. The predicted octanol–water partition coefficient (Wildman–Crippen LogP) is 9.14. The number of benzene rings is 2. The number of carboxylic acids is 1. The Balaban J connectivity index is 1.17. The number of aromatic nitrogens is 2. The van der Waals surface area contributed by atoms with E-state index >= 15 is 0 Å².